The van der Waals surface area contributed by atoms with E-state index in [1.54, 1.807) is 6.33 Å². The van der Waals surface area contributed by atoms with Crippen LogP contribution in [0.5, 0.6) is 0 Å². The molecule has 33 heavy (non-hydrogen) atoms. The number of hydrogen-bond donors (Lipinski definition) is 3. The van der Waals surface area contributed by atoms with Crippen LogP contribution in [0.25, 0.3) is 21.9 Å². The van der Waals surface area contributed by atoms with Crippen LogP contribution in [0, 0.1) is 6.92 Å². The molecule has 164 valence electrons. The number of H-pyrrole nitrogens is 2. The molecule has 0 radical (unpaired) electrons. The number of nitrogens with zero attached hydrogens (tertiary/aromatic N) is 3. The van der Waals surface area contributed by atoms with Gasteiger partial charge in [-0.3, -0.25) is 5.32 Å². The zero-order valence-corrected chi connectivity index (χ0v) is 19.2. The average molecular weight is 453 g/mol. The Morgan fingerprint density at radius 3 is 2.58 bits per heavy atom. The fourth-order valence-electron chi connectivity index (χ4n) is 4.70. The van der Waals surface area contributed by atoms with E-state index < -0.39 is 0 Å². The highest BCUT2D eigenvalue weighted by Crippen LogP contribution is 2.42. The second-order valence-corrected chi connectivity index (χ2v) is 9.29. The Labute approximate surface area is 195 Å². The third kappa shape index (κ3) is 3.46. The number of rotatable bonds is 3. The van der Waals surface area contributed by atoms with Crippen molar-refractivity contribution in [1.29, 1.82) is 0 Å². The minimum Gasteiger partial charge on any atom is -0.361 e. The van der Waals surface area contributed by atoms with Gasteiger partial charge in [0.05, 0.1) is 29.4 Å². The van der Waals surface area contributed by atoms with E-state index in [4.69, 9.17) is 0 Å². The fraction of sp³-hybridized carbons (Fsp3) is 0.154. The van der Waals surface area contributed by atoms with Gasteiger partial charge in [0.15, 0.2) is 5.11 Å². The van der Waals surface area contributed by atoms with Crippen molar-refractivity contribution in [2.24, 2.45) is 4.36 Å². The molecule has 2 aromatic heterocycles. The molecule has 1 aliphatic heterocycles. The van der Waals surface area contributed by atoms with Crippen LogP contribution in [-0.2, 0) is 11.1 Å². The van der Waals surface area contributed by atoms with Crippen LogP contribution >= 0.6 is 0 Å². The molecule has 7 heteroatoms. The number of anilines is 1. The molecule has 0 bridgehead atoms. The van der Waals surface area contributed by atoms with E-state index in [1.165, 1.54) is 33.2 Å². The predicted octanol–water partition coefficient (Wildman–Crippen LogP) is 5.23. The molecule has 3 aromatic carbocycles. The summed E-state index contributed by atoms with van der Waals surface area (Å²) in [6.45, 7) is 2.13. The van der Waals surface area contributed by atoms with Crippen LogP contribution in [0.4, 0.5) is 5.69 Å². The number of aromatic amines is 2. The normalized spacial score (nSPS) is 18.4. The van der Waals surface area contributed by atoms with E-state index in [0.29, 0.717) is 0 Å². The number of imidazole rings is 1. The van der Waals surface area contributed by atoms with E-state index in [9.17, 15) is 0 Å². The lowest BCUT2D eigenvalue weighted by Crippen LogP contribution is -2.31. The van der Waals surface area contributed by atoms with Gasteiger partial charge < -0.3 is 14.9 Å². The molecule has 0 spiro atoms. The zero-order valence-electron chi connectivity index (χ0n) is 18.4. The first-order valence-corrected chi connectivity index (χ1v) is 11.7. The van der Waals surface area contributed by atoms with Crippen LogP contribution in [-0.4, -0.2) is 27.1 Å². The summed E-state index contributed by atoms with van der Waals surface area (Å²) in [5, 5.41) is 6.01. The third-order valence-corrected chi connectivity index (χ3v) is 6.98. The van der Waals surface area contributed by atoms with Gasteiger partial charge in [-0.15, -0.1) is 0 Å². The van der Waals surface area contributed by atoms with Crippen LogP contribution < -0.4 is 10.2 Å². The standard InChI is InChI=1S/C26H24N6S/c1-16-3-5-17(6-4-16)25-24(19-7-9-21-18(13-19)11-12-28-21)31-26(33-27-2)32(25)20-8-10-22-23(14-20)30-15-29-22/h3-15,24-25,28,31H,1-2H3,(H,29,30). The first kappa shape index (κ1) is 20.0. The Bertz CT molecular complexity index is 1520. The minimum absolute atomic E-state index is 0.0580. The lowest BCUT2D eigenvalue weighted by molar-refractivity contribution is 0.583. The number of aryl methyl sites for hydroxylation is 1. The summed E-state index contributed by atoms with van der Waals surface area (Å²) >= 11 is 1.48. The maximum Gasteiger partial charge on any atom is 0.161 e. The highest BCUT2D eigenvalue weighted by Gasteiger charge is 2.40. The van der Waals surface area contributed by atoms with Gasteiger partial charge in [0.25, 0.3) is 0 Å². The highest BCUT2D eigenvalue weighted by molar-refractivity contribution is 7.69. The maximum atomic E-state index is 4.49. The molecule has 0 amide bonds. The second kappa shape index (κ2) is 8.03. The molecule has 2 atom stereocenters. The molecule has 5 aromatic rings. The largest absolute Gasteiger partial charge is 0.361 e. The third-order valence-electron chi connectivity index (χ3n) is 6.31. The zero-order chi connectivity index (χ0) is 22.4. The Kier molecular flexibility index (Phi) is 4.86. The quantitative estimate of drug-likeness (QED) is 0.328. The van der Waals surface area contributed by atoms with Crippen LogP contribution in [0.2, 0.25) is 0 Å². The molecule has 1 aliphatic rings. The number of aromatic nitrogens is 3. The Hall–Kier alpha value is -3.68. The molecular formula is C26H24N6S. The van der Waals surface area contributed by atoms with Gasteiger partial charge in [-0.25, -0.2) is 9.35 Å². The number of benzene rings is 3. The number of fused-ring (bicyclic) bond motifs is 2. The van der Waals surface area contributed by atoms with Crippen molar-refractivity contribution in [2.75, 3.05) is 11.9 Å². The van der Waals surface area contributed by atoms with E-state index in [0.717, 1.165) is 27.3 Å². The van der Waals surface area contributed by atoms with Crippen LogP contribution in [0.15, 0.2) is 83.6 Å². The van der Waals surface area contributed by atoms with Crippen molar-refractivity contribution in [2.45, 2.75) is 19.0 Å². The van der Waals surface area contributed by atoms with Gasteiger partial charge >= 0.3 is 0 Å². The molecule has 2 unspecified atom stereocenters. The van der Waals surface area contributed by atoms with Crippen LogP contribution in [0.1, 0.15) is 28.8 Å². The van der Waals surface area contributed by atoms with E-state index in [-0.39, 0.29) is 12.1 Å². The van der Waals surface area contributed by atoms with Crippen molar-refractivity contribution in [3.05, 3.63) is 95.9 Å². The maximum absolute atomic E-state index is 4.49. The topological polar surface area (TPSA) is 72.1 Å². The summed E-state index contributed by atoms with van der Waals surface area (Å²) in [4.78, 5) is 13.3. The van der Waals surface area contributed by atoms with E-state index in [2.05, 4.69) is 103 Å². The molecule has 0 saturated carbocycles. The molecule has 1 saturated heterocycles. The van der Waals surface area contributed by atoms with Crippen LogP contribution in [0.3, 0.4) is 0 Å². The average Bonchev–Trinajstić information content (AvgIpc) is 3.57. The van der Waals surface area contributed by atoms with Gasteiger partial charge in [0.1, 0.15) is 0 Å². The highest BCUT2D eigenvalue weighted by atomic mass is 32.1. The second-order valence-electron chi connectivity index (χ2n) is 8.35. The summed E-state index contributed by atoms with van der Waals surface area (Å²) < 4.78 is 4.41. The van der Waals surface area contributed by atoms with Gasteiger partial charge in [-0.05, 0) is 71.0 Å². The molecule has 3 heterocycles. The molecule has 6 nitrogen and oxygen atoms in total. The van der Waals surface area contributed by atoms with Crippen molar-refractivity contribution >= 4 is 43.9 Å². The fourth-order valence-corrected chi connectivity index (χ4v) is 5.36. The van der Waals surface area contributed by atoms with Gasteiger partial charge in [-0.1, -0.05) is 35.9 Å². The van der Waals surface area contributed by atoms with Crippen molar-refractivity contribution in [3.8, 4) is 0 Å². The molecule has 3 N–H and O–H groups in total. The Morgan fingerprint density at radius 1 is 0.909 bits per heavy atom. The summed E-state index contributed by atoms with van der Waals surface area (Å²) in [6, 6.07) is 24.1. The van der Waals surface area contributed by atoms with E-state index >= 15 is 0 Å². The smallest absolute Gasteiger partial charge is 0.161 e. The molecular weight excluding hydrogens is 428 g/mol. The summed E-state index contributed by atoms with van der Waals surface area (Å²) in [6.07, 6.45) is 3.73. The molecule has 1 fully saturated rings. The Balaban J connectivity index is 1.55. The minimum atomic E-state index is 0.0580. The summed E-state index contributed by atoms with van der Waals surface area (Å²) in [5.74, 6) is 0. The van der Waals surface area contributed by atoms with Crippen molar-refractivity contribution in [3.63, 3.8) is 0 Å². The first-order chi connectivity index (χ1) is 16.2. The number of hydrogen-bond acceptors (Lipinski definition) is 2. The SMILES string of the molecule is CN=S=C1NC(c2ccc3[nH]ccc3c2)C(c2ccc(C)cc2)N1c1ccc2[nH]cnc2c1. The predicted molar refractivity (Wildman–Crippen MR) is 137 cm³/mol. The van der Waals surface area contributed by atoms with Gasteiger partial charge in [0.2, 0.25) is 0 Å². The Morgan fingerprint density at radius 2 is 1.73 bits per heavy atom. The summed E-state index contributed by atoms with van der Waals surface area (Å²) in [7, 11) is 1.83. The lowest BCUT2D eigenvalue weighted by atomic mass is 9.92. The first-order valence-electron chi connectivity index (χ1n) is 11.0. The lowest BCUT2D eigenvalue weighted by Gasteiger charge is -2.29. The molecule has 6 rings (SSSR count). The van der Waals surface area contributed by atoms with Crippen molar-refractivity contribution in [1.82, 2.24) is 20.3 Å². The molecule has 0 aliphatic carbocycles. The van der Waals surface area contributed by atoms with Crippen molar-refractivity contribution < 1.29 is 0 Å². The van der Waals surface area contributed by atoms with E-state index in [1.807, 2.05) is 13.2 Å². The summed E-state index contributed by atoms with van der Waals surface area (Å²) in [5.41, 5.74) is 7.95. The van der Waals surface area contributed by atoms with Gasteiger partial charge in [0, 0.05) is 24.4 Å². The number of nitrogens with one attached hydrogen (secondary N) is 3. The van der Waals surface area contributed by atoms with Gasteiger partial charge in [-0.2, -0.15) is 0 Å². The monoisotopic (exact) mass is 452 g/mol.